The number of aromatic nitrogens is 1. The largest absolute Gasteiger partial charge is 0.496 e. The van der Waals surface area contributed by atoms with Gasteiger partial charge in [0.15, 0.2) is 0 Å². The van der Waals surface area contributed by atoms with Gasteiger partial charge in [-0.1, -0.05) is 20.8 Å². The fourth-order valence-electron chi connectivity index (χ4n) is 2.45. The van der Waals surface area contributed by atoms with Crippen LogP contribution in [0.2, 0.25) is 0 Å². The number of hydrogen-bond donors (Lipinski definition) is 1. The van der Waals surface area contributed by atoms with Crippen LogP contribution in [-0.4, -0.2) is 18.0 Å². The predicted molar refractivity (Wildman–Crippen MR) is 99.1 cm³/mol. The first-order valence-corrected chi connectivity index (χ1v) is 7.69. The molecule has 0 bridgehead atoms. The van der Waals surface area contributed by atoms with Crippen LogP contribution < -0.4 is 10.1 Å². The van der Waals surface area contributed by atoms with Crippen LogP contribution in [-0.2, 0) is 12.0 Å². The van der Waals surface area contributed by atoms with E-state index in [2.05, 4.69) is 37.1 Å². The highest BCUT2D eigenvalue weighted by Gasteiger charge is 2.20. The SMILES string of the molecule is COc1cc(C)c(CNC(=O)c2cccnc2)cc1C(C)(C)C.Cl. The average molecular weight is 349 g/mol. The Balaban J connectivity index is 0.00000288. The lowest BCUT2D eigenvalue weighted by atomic mass is 9.84. The highest BCUT2D eigenvalue weighted by molar-refractivity contribution is 5.93. The fourth-order valence-corrected chi connectivity index (χ4v) is 2.45. The smallest absolute Gasteiger partial charge is 0.253 e. The fraction of sp³-hybridized carbons (Fsp3) is 0.368. The molecule has 0 unspecified atom stereocenters. The maximum Gasteiger partial charge on any atom is 0.253 e. The number of rotatable bonds is 4. The predicted octanol–water partition coefficient (Wildman–Crippen LogP) is 4.05. The van der Waals surface area contributed by atoms with E-state index in [1.807, 2.05) is 13.0 Å². The van der Waals surface area contributed by atoms with E-state index < -0.39 is 0 Å². The Kier molecular flexibility index (Phi) is 6.79. The highest BCUT2D eigenvalue weighted by Crippen LogP contribution is 2.33. The molecule has 0 aliphatic heterocycles. The molecule has 5 heteroatoms. The first kappa shape index (κ1) is 20.0. The second-order valence-corrected chi connectivity index (χ2v) is 6.65. The van der Waals surface area contributed by atoms with Crippen molar-refractivity contribution in [3.63, 3.8) is 0 Å². The van der Waals surface area contributed by atoms with Gasteiger partial charge in [0.2, 0.25) is 0 Å². The second kappa shape index (κ2) is 8.15. The van der Waals surface area contributed by atoms with E-state index in [1.165, 1.54) is 0 Å². The molecule has 24 heavy (non-hydrogen) atoms. The Morgan fingerprint density at radius 3 is 2.54 bits per heavy atom. The summed E-state index contributed by atoms with van der Waals surface area (Å²) in [6.45, 7) is 8.96. The molecule has 1 heterocycles. The van der Waals surface area contributed by atoms with E-state index in [1.54, 1.807) is 31.6 Å². The lowest BCUT2D eigenvalue weighted by Crippen LogP contribution is -2.24. The average Bonchev–Trinajstić information content (AvgIpc) is 2.52. The summed E-state index contributed by atoms with van der Waals surface area (Å²) in [5.41, 5.74) is 3.86. The molecule has 2 aromatic rings. The minimum Gasteiger partial charge on any atom is -0.496 e. The Labute approximate surface area is 150 Å². The number of halogens is 1. The van der Waals surface area contributed by atoms with Crippen molar-refractivity contribution in [3.05, 3.63) is 58.9 Å². The van der Waals surface area contributed by atoms with Gasteiger partial charge in [-0.25, -0.2) is 0 Å². The molecule has 0 spiro atoms. The third-order valence-electron chi connectivity index (χ3n) is 3.83. The van der Waals surface area contributed by atoms with Crippen LogP contribution in [0.1, 0.15) is 47.8 Å². The van der Waals surface area contributed by atoms with Gasteiger partial charge in [0.05, 0.1) is 12.7 Å². The highest BCUT2D eigenvalue weighted by atomic mass is 35.5. The van der Waals surface area contributed by atoms with Crippen LogP contribution in [0.5, 0.6) is 5.75 Å². The zero-order chi connectivity index (χ0) is 17.0. The first-order chi connectivity index (χ1) is 10.8. The second-order valence-electron chi connectivity index (χ2n) is 6.65. The number of carbonyl (C=O) groups excluding carboxylic acids is 1. The van der Waals surface area contributed by atoms with E-state index in [-0.39, 0.29) is 23.7 Å². The van der Waals surface area contributed by atoms with Gasteiger partial charge < -0.3 is 10.1 Å². The van der Waals surface area contributed by atoms with E-state index in [0.717, 1.165) is 22.4 Å². The van der Waals surface area contributed by atoms with Crippen LogP contribution in [0.25, 0.3) is 0 Å². The Bertz CT molecular complexity index is 695. The lowest BCUT2D eigenvalue weighted by molar-refractivity contribution is 0.0950. The quantitative estimate of drug-likeness (QED) is 0.906. The molecule has 0 radical (unpaired) electrons. The van der Waals surface area contributed by atoms with Crippen LogP contribution in [0.3, 0.4) is 0 Å². The van der Waals surface area contributed by atoms with Crippen LogP contribution in [0, 0.1) is 6.92 Å². The van der Waals surface area contributed by atoms with Crippen molar-refractivity contribution < 1.29 is 9.53 Å². The van der Waals surface area contributed by atoms with E-state index >= 15 is 0 Å². The van der Waals surface area contributed by atoms with E-state index in [4.69, 9.17) is 4.74 Å². The van der Waals surface area contributed by atoms with E-state index in [0.29, 0.717) is 12.1 Å². The summed E-state index contributed by atoms with van der Waals surface area (Å²) in [6, 6.07) is 7.67. The molecule has 0 atom stereocenters. The van der Waals surface area contributed by atoms with Gasteiger partial charge >= 0.3 is 0 Å². The number of nitrogens with one attached hydrogen (secondary N) is 1. The maximum atomic E-state index is 12.2. The van der Waals surface area contributed by atoms with Gasteiger partial charge in [0.25, 0.3) is 5.91 Å². The molecule has 1 aromatic carbocycles. The first-order valence-electron chi connectivity index (χ1n) is 7.69. The van der Waals surface area contributed by atoms with Gasteiger partial charge in [-0.15, -0.1) is 12.4 Å². The Hall–Kier alpha value is -2.07. The van der Waals surface area contributed by atoms with Crippen molar-refractivity contribution in [1.82, 2.24) is 10.3 Å². The molecular weight excluding hydrogens is 324 g/mol. The summed E-state index contributed by atoms with van der Waals surface area (Å²) in [6.07, 6.45) is 3.22. The monoisotopic (exact) mass is 348 g/mol. The number of carbonyl (C=O) groups is 1. The number of amides is 1. The molecule has 0 saturated heterocycles. The zero-order valence-corrected chi connectivity index (χ0v) is 15.7. The van der Waals surface area contributed by atoms with Crippen molar-refractivity contribution in [2.24, 2.45) is 0 Å². The number of aryl methyl sites for hydroxylation is 1. The number of hydrogen-bond acceptors (Lipinski definition) is 3. The molecule has 0 aliphatic rings. The summed E-state index contributed by atoms with van der Waals surface area (Å²) in [5.74, 6) is 0.767. The molecule has 2 rings (SSSR count). The molecule has 4 nitrogen and oxygen atoms in total. The normalized spacial score (nSPS) is 10.7. The van der Waals surface area contributed by atoms with Gasteiger partial charge in [0, 0.05) is 18.9 Å². The lowest BCUT2D eigenvalue weighted by Gasteiger charge is -2.24. The minimum absolute atomic E-state index is 0. The Morgan fingerprint density at radius 2 is 2.00 bits per heavy atom. The van der Waals surface area contributed by atoms with Gasteiger partial charge in [0.1, 0.15) is 5.75 Å². The summed E-state index contributed by atoms with van der Waals surface area (Å²) in [5, 5.41) is 2.95. The number of ether oxygens (including phenoxy) is 1. The van der Waals surface area contributed by atoms with Crippen molar-refractivity contribution in [1.29, 1.82) is 0 Å². The number of methoxy groups -OCH3 is 1. The third kappa shape index (κ3) is 4.71. The van der Waals surface area contributed by atoms with Crippen molar-refractivity contribution in [2.75, 3.05) is 7.11 Å². The maximum absolute atomic E-state index is 12.2. The van der Waals surface area contributed by atoms with E-state index in [9.17, 15) is 4.79 Å². The topological polar surface area (TPSA) is 51.2 Å². The van der Waals surface area contributed by atoms with Crippen LogP contribution >= 0.6 is 12.4 Å². The number of pyridine rings is 1. The summed E-state index contributed by atoms with van der Waals surface area (Å²) in [7, 11) is 1.69. The molecule has 1 N–H and O–H groups in total. The molecule has 1 aromatic heterocycles. The van der Waals surface area contributed by atoms with Crippen molar-refractivity contribution >= 4 is 18.3 Å². The summed E-state index contributed by atoms with van der Waals surface area (Å²) < 4.78 is 5.51. The Morgan fingerprint density at radius 1 is 1.29 bits per heavy atom. The molecule has 0 fully saturated rings. The summed E-state index contributed by atoms with van der Waals surface area (Å²) >= 11 is 0. The molecular formula is C19H25ClN2O2. The minimum atomic E-state index is -0.120. The number of benzene rings is 1. The zero-order valence-electron chi connectivity index (χ0n) is 14.8. The summed E-state index contributed by atoms with van der Waals surface area (Å²) in [4.78, 5) is 16.1. The van der Waals surface area contributed by atoms with Gasteiger partial charge in [-0.3, -0.25) is 9.78 Å². The molecule has 130 valence electrons. The third-order valence-corrected chi connectivity index (χ3v) is 3.83. The molecule has 0 saturated carbocycles. The van der Waals surface area contributed by atoms with Crippen molar-refractivity contribution in [2.45, 2.75) is 39.7 Å². The standard InChI is InChI=1S/C19H24N2O2.ClH/c1-13-9-17(23-5)16(19(2,3)4)10-15(13)12-21-18(22)14-7-6-8-20-11-14;/h6-11H,12H2,1-5H3,(H,21,22);1H. The van der Waals surface area contributed by atoms with Crippen LogP contribution in [0.15, 0.2) is 36.7 Å². The number of nitrogens with zero attached hydrogens (tertiary/aromatic N) is 1. The van der Waals surface area contributed by atoms with Gasteiger partial charge in [-0.2, -0.15) is 0 Å². The molecule has 0 aliphatic carbocycles. The van der Waals surface area contributed by atoms with Gasteiger partial charge in [-0.05, 0) is 53.3 Å². The van der Waals surface area contributed by atoms with Crippen molar-refractivity contribution in [3.8, 4) is 5.75 Å². The molecule has 1 amide bonds. The van der Waals surface area contributed by atoms with Crippen LogP contribution in [0.4, 0.5) is 0 Å².